The van der Waals surface area contributed by atoms with Crippen LogP contribution < -0.4 is 14.2 Å². The standard InChI is InChI=1S/C25H31N3O2S/c1-6-13-29-23-17(2)14-20(15-18(23)3)25(4,5)19-7-9-22(10-8-19)30-16-21-11-12-26-24(27-21)28-31/h7-12,14-15,31H,6,13,16H2,1-5H3,(H,26,27,28). The molecular weight excluding hydrogens is 406 g/mol. The van der Waals surface area contributed by atoms with E-state index in [1.807, 2.05) is 18.2 Å². The van der Waals surface area contributed by atoms with E-state index >= 15 is 0 Å². The number of aryl methyl sites for hydroxylation is 2. The first-order valence-corrected chi connectivity index (χ1v) is 11.0. The summed E-state index contributed by atoms with van der Waals surface area (Å²) in [6.45, 7) is 12.0. The van der Waals surface area contributed by atoms with E-state index in [1.165, 1.54) is 22.3 Å². The van der Waals surface area contributed by atoms with Gasteiger partial charge in [0.2, 0.25) is 5.95 Å². The maximum Gasteiger partial charge on any atom is 0.232 e. The highest BCUT2D eigenvalue weighted by molar-refractivity contribution is 7.81. The van der Waals surface area contributed by atoms with Crippen molar-refractivity contribution in [3.63, 3.8) is 0 Å². The Labute approximate surface area is 190 Å². The van der Waals surface area contributed by atoms with Crippen molar-refractivity contribution in [2.45, 2.75) is 53.1 Å². The first-order chi connectivity index (χ1) is 14.8. The molecule has 0 unspecified atom stereocenters. The fraction of sp³-hybridized carbons (Fsp3) is 0.360. The topological polar surface area (TPSA) is 56.3 Å². The number of benzene rings is 2. The zero-order valence-corrected chi connectivity index (χ0v) is 19.8. The van der Waals surface area contributed by atoms with Crippen LogP contribution in [0, 0.1) is 13.8 Å². The molecule has 0 aliphatic heterocycles. The lowest BCUT2D eigenvalue weighted by Gasteiger charge is -2.28. The number of hydrogen-bond donors (Lipinski definition) is 2. The maximum atomic E-state index is 5.95. The van der Waals surface area contributed by atoms with Crippen molar-refractivity contribution in [3.8, 4) is 11.5 Å². The van der Waals surface area contributed by atoms with Gasteiger partial charge in [0.1, 0.15) is 18.1 Å². The van der Waals surface area contributed by atoms with Gasteiger partial charge in [-0.05, 0) is 60.7 Å². The molecule has 0 amide bonds. The van der Waals surface area contributed by atoms with Crippen molar-refractivity contribution >= 4 is 18.8 Å². The molecule has 0 fully saturated rings. The molecule has 2 aromatic carbocycles. The van der Waals surface area contributed by atoms with Crippen molar-refractivity contribution in [1.29, 1.82) is 0 Å². The van der Waals surface area contributed by atoms with Gasteiger partial charge in [-0.25, -0.2) is 9.97 Å². The van der Waals surface area contributed by atoms with Crippen LogP contribution in [-0.4, -0.2) is 16.6 Å². The molecule has 3 aromatic rings. The van der Waals surface area contributed by atoms with Gasteiger partial charge in [0.25, 0.3) is 0 Å². The van der Waals surface area contributed by atoms with Crippen molar-refractivity contribution in [3.05, 3.63) is 76.6 Å². The van der Waals surface area contributed by atoms with Crippen molar-refractivity contribution in [2.75, 3.05) is 11.3 Å². The second-order valence-electron chi connectivity index (χ2n) is 8.21. The summed E-state index contributed by atoms with van der Waals surface area (Å²) in [7, 11) is 0. The van der Waals surface area contributed by atoms with Crippen LogP contribution in [0.15, 0.2) is 48.7 Å². The molecule has 0 atom stereocenters. The van der Waals surface area contributed by atoms with Crippen LogP contribution in [0.1, 0.15) is 55.1 Å². The van der Waals surface area contributed by atoms with E-state index in [0.29, 0.717) is 12.6 Å². The third-order valence-corrected chi connectivity index (χ3v) is 5.61. The fourth-order valence-electron chi connectivity index (χ4n) is 3.57. The summed E-state index contributed by atoms with van der Waals surface area (Å²) in [6, 6.07) is 14.6. The third-order valence-electron chi connectivity index (χ3n) is 5.41. The lowest BCUT2D eigenvalue weighted by atomic mass is 9.77. The average molecular weight is 438 g/mol. The number of anilines is 1. The molecule has 164 valence electrons. The van der Waals surface area contributed by atoms with E-state index in [9.17, 15) is 0 Å². The largest absolute Gasteiger partial charge is 0.493 e. The van der Waals surface area contributed by atoms with Crippen molar-refractivity contribution in [1.82, 2.24) is 9.97 Å². The van der Waals surface area contributed by atoms with Crippen LogP contribution in [0.2, 0.25) is 0 Å². The number of rotatable bonds is 9. The number of aromatic nitrogens is 2. The van der Waals surface area contributed by atoms with Gasteiger partial charge in [-0.15, -0.1) is 0 Å². The molecule has 5 nitrogen and oxygen atoms in total. The molecule has 0 saturated heterocycles. The summed E-state index contributed by atoms with van der Waals surface area (Å²) < 4.78 is 14.5. The number of nitrogens with one attached hydrogen (secondary N) is 1. The molecule has 0 radical (unpaired) electrons. The molecule has 31 heavy (non-hydrogen) atoms. The van der Waals surface area contributed by atoms with Crippen LogP contribution in [-0.2, 0) is 12.0 Å². The lowest BCUT2D eigenvalue weighted by Crippen LogP contribution is -2.19. The summed E-state index contributed by atoms with van der Waals surface area (Å²) in [5, 5.41) is 0. The first-order valence-electron chi connectivity index (χ1n) is 10.5. The molecule has 0 aliphatic carbocycles. The zero-order chi connectivity index (χ0) is 22.4. The highest BCUT2D eigenvalue weighted by Crippen LogP contribution is 2.36. The second-order valence-corrected chi connectivity index (χ2v) is 8.43. The molecule has 1 heterocycles. The Bertz CT molecular complexity index is 997. The Morgan fingerprint density at radius 2 is 1.65 bits per heavy atom. The van der Waals surface area contributed by atoms with E-state index in [1.54, 1.807) is 6.20 Å². The molecule has 1 N–H and O–H groups in total. The third kappa shape index (κ3) is 5.50. The van der Waals surface area contributed by atoms with Gasteiger partial charge >= 0.3 is 0 Å². The number of hydrogen-bond acceptors (Lipinski definition) is 6. The van der Waals surface area contributed by atoms with E-state index in [-0.39, 0.29) is 5.41 Å². The molecule has 6 heteroatoms. The minimum atomic E-state index is -0.142. The highest BCUT2D eigenvalue weighted by atomic mass is 32.1. The van der Waals surface area contributed by atoms with Gasteiger partial charge in [0.05, 0.1) is 12.3 Å². The number of thiol groups is 1. The molecule has 1 aromatic heterocycles. The maximum absolute atomic E-state index is 5.95. The van der Waals surface area contributed by atoms with E-state index < -0.39 is 0 Å². The molecule has 3 rings (SSSR count). The van der Waals surface area contributed by atoms with Crippen LogP contribution in [0.4, 0.5) is 5.95 Å². The summed E-state index contributed by atoms with van der Waals surface area (Å²) >= 11 is 3.97. The fourth-order valence-corrected chi connectivity index (χ4v) is 3.67. The number of ether oxygens (including phenoxy) is 2. The van der Waals surface area contributed by atoms with Gasteiger partial charge in [-0.2, -0.15) is 0 Å². The van der Waals surface area contributed by atoms with Gasteiger partial charge in [-0.1, -0.05) is 57.9 Å². The predicted octanol–water partition coefficient (Wildman–Crippen LogP) is 6.04. The van der Waals surface area contributed by atoms with Gasteiger partial charge < -0.3 is 14.2 Å². The quantitative estimate of drug-likeness (QED) is 0.400. The lowest BCUT2D eigenvalue weighted by molar-refractivity contribution is 0.301. The van der Waals surface area contributed by atoms with Gasteiger partial charge in [0, 0.05) is 11.6 Å². The minimum Gasteiger partial charge on any atom is -0.493 e. The average Bonchev–Trinajstić information content (AvgIpc) is 2.77. The Morgan fingerprint density at radius 3 is 2.26 bits per heavy atom. The summed E-state index contributed by atoms with van der Waals surface area (Å²) in [5.74, 6) is 2.26. The zero-order valence-electron chi connectivity index (χ0n) is 18.9. The first kappa shape index (κ1) is 22.9. The molecule has 0 bridgehead atoms. The Kier molecular flexibility index (Phi) is 7.44. The van der Waals surface area contributed by atoms with E-state index in [4.69, 9.17) is 9.47 Å². The molecule has 0 saturated carbocycles. The van der Waals surface area contributed by atoms with Gasteiger partial charge in [-0.3, -0.25) is 0 Å². The van der Waals surface area contributed by atoms with Crippen molar-refractivity contribution in [2.24, 2.45) is 0 Å². The normalized spacial score (nSPS) is 11.3. The molecule has 0 aliphatic rings. The van der Waals surface area contributed by atoms with Crippen LogP contribution in [0.5, 0.6) is 11.5 Å². The smallest absolute Gasteiger partial charge is 0.232 e. The van der Waals surface area contributed by atoms with Crippen LogP contribution >= 0.6 is 12.8 Å². The van der Waals surface area contributed by atoms with Crippen LogP contribution in [0.3, 0.4) is 0 Å². The highest BCUT2D eigenvalue weighted by Gasteiger charge is 2.25. The summed E-state index contributed by atoms with van der Waals surface area (Å²) in [4.78, 5) is 8.36. The Hall–Kier alpha value is -2.73. The predicted molar refractivity (Wildman–Crippen MR) is 129 cm³/mol. The Morgan fingerprint density at radius 1 is 0.968 bits per heavy atom. The second kappa shape index (κ2) is 10.1. The van der Waals surface area contributed by atoms with Crippen molar-refractivity contribution < 1.29 is 9.47 Å². The van der Waals surface area contributed by atoms with E-state index in [0.717, 1.165) is 30.2 Å². The summed E-state index contributed by atoms with van der Waals surface area (Å²) in [6.07, 6.45) is 2.68. The monoisotopic (exact) mass is 437 g/mol. The molecular formula is C25H31N3O2S. The summed E-state index contributed by atoms with van der Waals surface area (Å²) in [5.41, 5.74) is 5.49. The van der Waals surface area contributed by atoms with E-state index in [2.05, 4.69) is 86.4 Å². The van der Waals surface area contributed by atoms with Crippen LogP contribution in [0.25, 0.3) is 0 Å². The molecule has 0 spiro atoms. The Balaban J connectivity index is 1.74. The number of nitrogens with zero attached hydrogens (tertiary/aromatic N) is 2. The minimum absolute atomic E-state index is 0.142. The van der Waals surface area contributed by atoms with Gasteiger partial charge in [0.15, 0.2) is 0 Å². The SMILES string of the molecule is CCCOc1c(C)cc(C(C)(C)c2ccc(OCc3ccnc(NS)n3)cc2)cc1C.